The lowest BCUT2D eigenvalue weighted by molar-refractivity contribution is 0.102. The van der Waals surface area contributed by atoms with Gasteiger partial charge in [0.2, 0.25) is 5.95 Å². The lowest BCUT2D eigenvalue weighted by Crippen LogP contribution is -2.16. The number of benzene rings is 2. The van der Waals surface area contributed by atoms with E-state index < -0.39 is 0 Å². The normalized spacial score (nSPS) is 12.5. The van der Waals surface area contributed by atoms with Gasteiger partial charge in [0.25, 0.3) is 5.91 Å². The number of aromatic nitrogens is 2. The van der Waals surface area contributed by atoms with Crippen molar-refractivity contribution in [1.82, 2.24) is 9.97 Å². The fraction of sp³-hybridized carbons (Fsp3) is 0.227. The molecule has 1 amide bonds. The summed E-state index contributed by atoms with van der Waals surface area (Å²) in [6.45, 7) is 5.28. The molecule has 0 radical (unpaired) electrons. The van der Waals surface area contributed by atoms with Crippen LogP contribution < -0.4 is 20.1 Å². The van der Waals surface area contributed by atoms with E-state index in [0.717, 1.165) is 5.69 Å². The maximum Gasteiger partial charge on any atom is 0.258 e. The van der Waals surface area contributed by atoms with Gasteiger partial charge < -0.3 is 20.1 Å². The molecule has 2 heterocycles. The van der Waals surface area contributed by atoms with E-state index in [1.807, 2.05) is 18.2 Å². The predicted molar refractivity (Wildman–Crippen MR) is 111 cm³/mol. The molecule has 7 heteroatoms. The summed E-state index contributed by atoms with van der Waals surface area (Å²) >= 11 is 0. The van der Waals surface area contributed by atoms with Gasteiger partial charge in [0.05, 0.1) is 5.56 Å². The Labute approximate surface area is 169 Å². The molecular weight excluding hydrogens is 368 g/mol. The van der Waals surface area contributed by atoms with Crippen molar-refractivity contribution < 1.29 is 14.3 Å². The monoisotopic (exact) mass is 390 g/mol. The van der Waals surface area contributed by atoms with E-state index in [4.69, 9.17) is 9.47 Å². The summed E-state index contributed by atoms with van der Waals surface area (Å²) in [6, 6.07) is 13.3. The number of carbonyl (C=O) groups is 1. The standard InChI is InChI=1S/C22H22N4O3/c1-14(2)17-5-3-4-6-18(17)26-22-23-12-15(13-24-22)21(27)25-16-7-8-19-20(11-16)29-10-9-28-19/h3-8,11-14H,9-10H2,1-2H3,(H,25,27)(H,23,24,26). The quantitative estimate of drug-likeness (QED) is 0.673. The van der Waals surface area contributed by atoms with Crippen molar-refractivity contribution in [3.05, 3.63) is 66.0 Å². The minimum absolute atomic E-state index is 0.296. The maximum atomic E-state index is 12.5. The molecule has 0 bridgehead atoms. The number of ether oxygens (including phenoxy) is 2. The predicted octanol–water partition coefficient (Wildman–Crippen LogP) is 4.37. The summed E-state index contributed by atoms with van der Waals surface area (Å²) in [5.41, 5.74) is 3.11. The molecule has 0 aliphatic carbocycles. The Morgan fingerprint density at radius 1 is 1.00 bits per heavy atom. The van der Waals surface area contributed by atoms with E-state index in [1.165, 1.54) is 18.0 Å². The summed E-state index contributed by atoms with van der Waals surface area (Å²) in [5.74, 6) is 1.81. The molecule has 2 N–H and O–H groups in total. The topological polar surface area (TPSA) is 85.4 Å². The third-order valence-electron chi connectivity index (χ3n) is 4.54. The molecular formula is C22H22N4O3. The van der Waals surface area contributed by atoms with Crippen LogP contribution in [0.2, 0.25) is 0 Å². The zero-order chi connectivity index (χ0) is 20.2. The van der Waals surface area contributed by atoms with Gasteiger partial charge in [-0.15, -0.1) is 0 Å². The van der Waals surface area contributed by atoms with Gasteiger partial charge >= 0.3 is 0 Å². The highest BCUT2D eigenvalue weighted by molar-refractivity contribution is 6.04. The number of fused-ring (bicyclic) bond motifs is 1. The van der Waals surface area contributed by atoms with Gasteiger partial charge in [-0.3, -0.25) is 4.79 Å². The summed E-state index contributed by atoms with van der Waals surface area (Å²) in [4.78, 5) is 21.1. The summed E-state index contributed by atoms with van der Waals surface area (Å²) in [5, 5.41) is 6.05. The van der Waals surface area contributed by atoms with Crippen LogP contribution in [0, 0.1) is 0 Å². The SMILES string of the molecule is CC(C)c1ccccc1Nc1ncc(C(=O)Nc2ccc3c(c2)OCCO3)cn1. The third-order valence-corrected chi connectivity index (χ3v) is 4.54. The van der Waals surface area contributed by atoms with Crippen molar-refractivity contribution in [2.24, 2.45) is 0 Å². The van der Waals surface area contributed by atoms with E-state index in [1.54, 1.807) is 18.2 Å². The molecule has 7 nitrogen and oxygen atoms in total. The molecule has 0 spiro atoms. The van der Waals surface area contributed by atoms with Crippen LogP contribution in [-0.4, -0.2) is 29.1 Å². The third kappa shape index (κ3) is 4.29. The Kier molecular flexibility index (Phi) is 5.29. The first-order chi connectivity index (χ1) is 14.1. The largest absolute Gasteiger partial charge is 0.486 e. The van der Waals surface area contributed by atoms with Crippen LogP contribution in [-0.2, 0) is 0 Å². The molecule has 2 aromatic carbocycles. The van der Waals surface area contributed by atoms with Crippen molar-refractivity contribution >= 4 is 23.2 Å². The lowest BCUT2D eigenvalue weighted by atomic mass is 10.0. The molecule has 0 saturated heterocycles. The van der Waals surface area contributed by atoms with Gasteiger partial charge in [0, 0.05) is 29.8 Å². The van der Waals surface area contributed by atoms with E-state index in [2.05, 4.69) is 40.5 Å². The zero-order valence-electron chi connectivity index (χ0n) is 16.3. The fourth-order valence-corrected chi connectivity index (χ4v) is 3.07. The van der Waals surface area contributed by atoms with Gasteiger partial charge in [-0.1, -0.05) is 32.0 Å². The van der Waals surface area contributed by atoms with Crippen molar-refractivity contribution in [3.8, 4) is 11.5 Å². The van der Waals surface area contributed by atoms with Crippen LogP contribution >= 0.6 is 0 Å². The molecule has 1 aromatic heterocycles. The van der Waals surface area contributed by atoms with Crippen LogP contribution in [0.25, 0.3) is 0 Å². The van der Waals surface area contributed by atoms with Crippen LogP contribution in [0.1, 0.15) is 35.7 Å². The molecule has 0 atom stereocenters. The number of anilines is 3. The average molecular weight is 390 g/mol. The first kappa shape index (κ1) is 18.7. The number of carbonyl (C=O) groups excluding carboxylic acids is 1. The summed E-state index contributed by atoms with van der Waals surface area (Å²) < 4.78 is 11.0. The number of nitrogens with one attached hydrogen (secondary N) is 2. The van der Waals surface area contributed by atoms with Crippen molar-refractivity contribution in [1.29, 1.82) is 0 Å². The van der Waals surface area contributed by atoms with Crippen LogP contribution in [0.4, 0.5) is 17.3 Å². The Morgan fingerprint density at radius 2 is 1.72 bits per heavy atom. The number of para-hydroxylation sites is 1. The van der Waals surface area contributed by atoms with Gasteiger partial charge in [-0.2, -0.15) is 0 Å². The number of amides is 1. The van der Waals surface area contributed by atoms with E-state index in [9.17, 15) is 4.79 Å². The average Bonchev–Trinajstić information content (AvgIpc) is 2.74. The Hall–Kier alpha value is -3.61. The first-order valence-electron chi connectivity index (χ1n) is 9.49. The molecule has 3 aromatic rings. The highest BCUT2D eigenvalue weighted by Crippen LogP contribution is 2.32. The van der Waals surface area contributed by atoms with E-state index in [0.29, 0.717) is 47.8 Å². The highest BCUT2D eigenvalue weighted by Gasteiger charge is 2.14. The molecule has 148 valence electrons. The number of nitrogens with zero attached hydrogens (tertiary/aromatic N) is 2. The van der Waals surface area contributed by atoms with Crippen molar-refractivity contribution in [3.63, 3.8) is 0 Å². The maximum absolute atomic E-state index is 12.5. The fourth-order valence-electron chi connectivity index (χ4n) is 3.07. The molecule has 29 heavy (non-hydrogen) atoms. The summed E-state index contributed by atoms with van der Waals surface area (Å²) in [7, 11) is 0. The number of hydrogen-bond acceptors (Lipinski definition) is 6. The Morgan fingerprint density at radius 3 is 2.48 bits per heavy atom. The van der Waals surface area contributed by atoms with Crippen LogP contribution in [0.3, 0.4) is 0 Å². The summed E-state index contributed by atoms with van der Waals surface area (Å²) in [6.07, 6.45) is 3.00. The minimum atomic E-state index is -0.296. The highest BCUT2D eigenvalue weighted by atomic mass is 16.6. The second-order valence-corrected chi connectivity index (χ2v) is 6.97. The van der Waals surface area contributed by atoms with Gasteiger partial charge in [-0.05, 0) is 29.7 Å². The van der Waals surface area contributed by atoms with Gasteiger partial charge in [0.15, 0.2) is 11.5 Å². The molecule has 4 rings (SSSR count). The Bertz CT molecular complexity index is 1020. The Balaban J connectivity index is 1.44. The second kappa shape index (κ2) is 8.18. The van der Waals surface area contributed by atoms with Crippen LogP contribution in [0.15, 0.2) is 54.9 Å². The van der Waals surface area contributed by atoms with Gasteiger partial charge in [-0.25, -0.2) is 9.97 Å². The zero-order valence-corrected chi connectivity index (χ0v) is 16.3. The number of hydrogen-bond donors (Lipinski definition) is 2. The molecule has 0 unspecified atom stereocenters. The molecule has 0 saturated carbocycles. The van der Waals surface area contributed by atoms with E-state index >= 15 is 0 Å². The lowest BCUT2D eigenvalue weighted by Gasteiger charge is -2.19. The van der Waals surface area contributed by atoms with Gasteiger partial charge in [0.1, 0.15) is 13.2 Å². The van der Waals surface area contributed by atoms with Crippen molar-refractivity contribution in [2.45, 2.75) is 19.8 Å². The molecule has 0 fully saturated rings. The smallest absolute Gasteiger partial charge is 0.258 e. The number of rotatable bonds is 5. The molecule has 1 aliphatic rings. The minimum Gasteiger partial charge on any atom is -0.486 e. The molecule has 1 aliphatic heterocycles. The first-order valence-corrected chi connectivity index (χ1v) is 9.49. The second-order valence-electron chi connectivity index (χ2n) is 6.97. The van der Waals surface area contributed by atoms with Crippen LogP contribution in [0.5, 0.6) is 11.5 Å². The van der Waals surface area contributed by atoms with Crippen molar-refractivity contribution in [2.75, 3.05) is 23.8 Å². The van der Waals surface area contributed by atoms with E-state index in [-0.39, 0.29) is 5.91 Å².